The first-order valence-electron chi connectivity index (χ1n) is 3.64. The number of hydrogen-bond acceptors (Lipinski definition) is 2. The molecule has 0 fully saturated rings. The lowest BCUT2D eigenvalue weighted by Crippen LogP contribution is -2.09. The molecule has 0 spiro atoms. The van der Waals surface area contributed by atoms with Gasteiger partial charge < -0.3 is 10.6 Å². The molecule has 0 radical (unpaired) electrons. The minimum Gasteiger partial charge on any atom is -0.310 e. The molecule has 68 valence electrons. The van der Waals surface area contributed by atoms with Crippen molar-refractivity contribution in [2.24, 2.45) is 0 Å². The number of rotatable bonds is 8. The van der Waals surface area contributed by atoms with Gasteiger partial charge in [0.1, 0.15) is 0 Å². The first-order chi connectivity index (χ1) is 5.41. The third-order valence-electron chi connectivity index (χ3n) is 1.04. The fourth-order valence-corrected chi connectivity index (χ4v) is 3.75. The van der Waals surface area contributed by atoms with Crippen LogP contribution in [-0.2, 0) is 0 Å². The quantitative estimate of drug-likeness (QED) is 0.481. The largest absolute Gasteiger partial charge is 0.310 e. The van der Waals surface area contributed by atoms with Gasteiger partial charge in [-0.25, -0.2) is 0 Å². The summed E-state index contributed by atoms with van der Waals surface area (Å²) in [5.41, 5.74) is 0. The Balaban J connectivity index is 2.69. The van der Waals surface area contributed by atoms with Gasteiger partial charge >= 0.3 is 0 Å². The van der Waals surface area contributed by atoms with Crippen molar-refractivity contribution in [3.05, 3.63) is 0 Å². The molecule has 2 N–H and O–H groups in total. The van der Waals surface area contributed by atoms with Gasteiger partial charge in [0.05, 0.1) is 0 Å². The molecule has 4 atom stereocenters. The summed E-state index contributed by atoms with van der Waals surface area (Å²) in [7, 11) is 7.53. The van der Waals surface area contributed by atoms with E-state index in [0.29, 0.717) is 0 Å². The van der Waals surface area contributed by atoms with E-state index < -0.39 is 0 Å². The minimum absolute atomic E-state index is 1.03. The van der Waals surface area contributed by atoms with E-state index in [1.807, 2.05) is 0 Å². The van der Waals surface area contributed by atoms with Gasteiger partial charge in [-0.3, -0.25) is 0 Å². The standard InChI is InChI=1S/C5H18N2P4/c8-1-6-3-10-5-11-4-7-2-9/h6-7,10-11H,1-5,8-9H2. The van der Waals surface area contributed by atoms with Gasteiger partial charge in [-0.15, -0.1) is 35.6 Å². The molecule has 0 amide bonds. The average molecular weight is 230 g/mol. The lowest BCUT2D eigenvalue weighted by molar-refractivity contribution is 0.942. The summed E-state index contributed by atoms with van der Waals surface area (Å²) >= 11 is 0. The molecule has 0 aliphatic rings. The molecular formula is C5H18N2P4. The lowest BCUT2D eigenvalue weighted by atomic mass is 11.2. The van der Waals surface area contributed by atoms with Crippen LogP contribution in [-0.4, -0.2) is 31.0 Å². The molecule has 0 aromatic rings. The van der Waals surface area contributed by atoms with Crippen molar-refractivity contribution in [1.29, 1.82) is 0 Å². The van der Waals surface area contributed by atoms with E-state index in [9.17, 15) is 0 Å². The summed E-state index contributed by atoms with van der Waals surface area (Å²) < 4.78 is 0. The smallest absolute Gasteiger partial charge is 0.0133 e. The van der Waals surface area contributed by atoms with Crippen LogP contribution in [0.1, 0.15) is 0 Å². The molecule has 6 heteroatoms. The molecule has 11 heavy (non-hydrogen) atoms. The first-order valence-corrected chi connectivity index (χ1v) is 8.11. The Hall–Kier alpha value is 1.64. The van der Waals surface area contributed by atoms with Crippen molar-refractivity contribution in [3.8, 4) is 0 Å². The van der Waals surface area contributed by atoms with Crippen molar-refractivity contribution in [3.63, 3.8) is 0 Å². The van der Waals surface area contributed by atoms with Gasteiger partial charge in [0, 0.05) is 25.1 Å². The van der Waals surface area contributed by atoms with Crippen LogP contribution in [0, 0.1) is 0 Å². The highest BCUT2D eigenvalue weighted by molar-refractivity contribution is 7.56. The van der Waals surface area contributed by atoms with Crippen molar-refractivity contribution >= 4 is 35.6 Å². The Labute approximate surface area is 77.8 Å². The average Bonchev–Trinajstić information content (AvgIpc) is 2.03. The molecule has 0 aromatic carbocycles. The van der Waals surface area contributed by atoms with Crippen molar-refractivity contribution in [2.45, 2.75) is 0 Å². The van der Waals surface area contributed by atoms with E-state index in [0.717, 1.165) is 29.7 Å². The topological polar surface area (TPSA) is 24.1 Å². The molecule has 0 heterocycles. The van der Waals surface area contributed by atoms with Crippen molar-refractivity contribution in [2.75, 3.05) is 31.0 Å². The van der Waals surface area contributed by atoms with E-state index in [2.05, 4.69) is 29.1 Å². The molecule has 0 rings (SSSR count). The lowest BCUT2D eigenvalue weighted by Gasteiger charge is -2.02. The van der Waals surface area contributed by atoms with Crippen molar-refractivity contribution < 1.29 is 0 Å². The van der Waals surface area contributed by atoms with Gasteiger partial charge in [-0.05, 0) is 5.90 Å². The van der Waals surface area contributed by atoms with Crippen LogP contribution in [0.25, 0.3) is 0 Å². The van der Waals surface area contributed by atoms with Gasteiger partial charge in [0.15, 0.2) is 0 Å². The highest BCUT2D eigenvalue weighted by Crippen LogP contribution is 2.20. The second-order valence-electron chi connectivity index (χ2n) is 1.94. The predicted octanol–water partition coefficient (Wildman–Crippen LogP) is 1.06. The summed E-state index contributed by atoms with van der Waals surface area (Å²) in [6.07, 6.45) is 4.44. The van der Waals surface area contributed by atoms with Gasteiger partial charge in [0.2, 0.25) is 0 Å². The van der Waals surface area contributed by atoms with Crippen LogP contribution < -0.4 is 10.6 Å². The third kappa shape index (κ3) is 11.6. The fourth-order valence-electron chi connectivity index (χ4n) is 0.535. The van der Waals surface area contributed by atoms with Crippen LogP contribution in [0.2, 0.25) is 0 Å². The number of hydrogen-bond donors (Lipinski definition) is 2. The normalized spacial score (nSPS) is 12.5. The fraction of sp³-hybridized carbons (Fsp3) is 1.00. The monoisotopic (exact) mass is 230 g/mol. The summed E-state index contributed by atoms with van der Waals surface area (Å²) in [5.74, 6) is 1.38. The molecule has 2 nitrogen and oxygen atoms in total. The van der Waals surface area contributed by atoms with E-state index in [1.54, 1.807) is 0 Å². The van der Waals surface area contributed by atoms with E-state index in [-0.39, 0.29) is 0 Å². The summed E-state index contributed by atoms with van der Waals surface area (Å²) in [6.45, 7) is 0. The van der Waals surface area contributed by atoms with Gasteiger partial charge in [-0.1, -0.05) is 0 Å². The van der Waals surface area contributed by atoms with Crippen LogP contribution in [0.15, 0.2) is 0 Å². The van der Waals surface area contributed by atoms with Crippen LogP contribution >= 0.6 is 35.6 Å². The second kappa shape index (κ2) is 11.6. The summed E-state index contributed by atoms with van der Waals surface area (Å²) in [4.78, 5) is 0. The van der Waals surface area contributed by atoms with Crippen LogP contribution in [0.5, 0.6) is 0 Å². The minimum atomic E-state index is 1.03. The molecule has 0 bridgehead atoms. The Morgan fingerprint density at radius 2 is 1.36 bits per heavy atom. The molecule has 0 aliphatic heterocycles. The van der Waals surface area contributed by atoms with E-state index >= 15 is 0 Å². The predicted molar refractivity (Wildman–Crippen MR) is 66.7 cm³/mol. The van der Waals surface area contributed by atoms with Crippen LogP contribution in [0.3, 0.4) is 0 Å². The van der Waals surface area contributed by atoms with E-state index in [1.165, 1.54) is 18.5 Å². The molecule has 0 aromatic heterocycles. The highest BCUT2D eigenvalue weighted by atomic mass is 31.1. The Kier molecular flexibility index (Phi) is 13.4. The zero-order valence-corrected chi connectivity index (χ0v) is 11.0. The Bertz CT molecular complexity index is 65.5. The zero-order valence-electron chi connectivity index (χ0n) is 6.69. The summed E-state index contributed by atoms with van der Waals surface area (Å²) in [6, 6.07) is 0. The second-order valence-corrected chi connectivity index (χ2v) is 5.88. The maximum absolute atomic E-state index is 3.29. The van der Waals surface area contributed by atoms with Gasteiger partial charge in [0.25, 0.3) is 0 Å². The molecule has 4 unspecified atom stereocenters. The van der Waals surface area contributed by atoms with Crippen molar-refractivity contribution in [1.82, 2.24) is 10.6 Å². The molecule has 0 saturated heterocycles. The number of nitrogens with one attached hydrogen (secondary N) is 2. The SMILES string of the molecule is PCNCPCPCNCP. The Morgan fingerprint density at radius 3 is 1.73 bits per heavy atom. The Morgan fingerprint density at radius 1 is 0.909 bits per heavy atom. The maximum atomic E-state index is 3.29. The van der Waals surface area contributed by atoms with E-state index in [4.69, 9.17) is 0 Å². The zero-order chi connectivity index (χ0) is 8.36. The van der Waals surface area contributed by atoms with Crippen LogP contribution in [0.4, 0.5) is 0 Å². The molecular weight excluding hydrogens is 212 g/mol. The first kappa shape index (κ1) is 12.6. The summed E-state index contributed by atoms with van der Waals surface area (Å²) in [5, 5.41) is 6.59. The highest BCUT2D eigenvalue weighted by Gasteiger charge is 1.86. The molecule has 0 saturated carbocycles. The van der Waals surface area contributed by atoms with Gasteiger partial charge in [-0.2, -0.15) is 0 Å². The maximum Gasteiger partial charge on any atom is 0.0133 e. The third-order valence-corrected chi connectivity index (χ3v) is 4.62. The molecule has 0 aliphatic carbocycles.